The zero-order valence-corrected chi connectivity index (χ0v) is 13.1. The van der Waals surface area contributed by atoms with Crippen molar-refractivity contribution in [2.24, 2.45) is 0 Å². The van der Waals surface area contributed by atoms with Crippen LogP contribution in [-0.4, -0.2) is 37.8 Å². The molecule has 1 aromatic rings. The predicted octanol–water partition coefficient (Wildman–Crippen LogP) is 2.50. The van der Waals surface area contributed by atoms with Gasteiger partial charge in [0.25, 0.3) is 0 Å². The summed E-state index contributed by atoms with van der Waals surface area (Å²) in [7, 11) is 2.05. The van der Waals surface area contributed by atoms with E-state index in [0.717, 1.165) is 18.8 Å². The van der Waals surface area contributed by atoms with Crippen LogP contribution < -0.4 is 15.5 Å². The minimum Gasteiger partial charge on any atom is -0.490 e. The highest BCUT2D eigenvalue weighted by Gasteiger charge is 2.19. The monoisotopic (exact) mass is 289 g/mol. The van der Waals surface area contributed by atoms with Gasteiger partial charge in [-0.25, -0.2) is 10.4 Å². The molecule has 0 radical (unpaired) electrons. The lowest BCUT2D eigenvalue weighted by Gasteiger charge is -2.34. The van der Waals surface area contributed by atoms with E-state index in [1.54, 1.807) is 6.08 Å². The fourth-order valence-electron chi connectivity index (χ4n) is 2.65. The first-order valence-corrected chi connectivity index (χ1v) is 7.75. The molecule has 0 aliphatic carbocycles. The number of ether oxygens (including phenoxy) is 1. The van der Waals surface area contributed by atoms with Crippen molar-refractivity contribution in [2.75, 3.05) is 26.7 Å². The summed E-state index contributed by atoms with van der Waals surface area (Å²) in [5.74, 6) is 0.890. The Bertz CT molecular complexity index is 424. The van der Waals surface area contributed by atoms with Gasteiger partial charge in [-0.15, -0.1) is 0 Å². The van der Waals surface area contributed by atoms with E-state index >= 15 is 0 Å². The van der Waals surface area contributed by atoms with Crippen LogP contribution in [0.15, 0.2) is 36.9 Å². The van der Waals surface area contributed by atoms with E-state index in [-0.39, 0.29) is 0 Å². The van der Waals surface area contributed by atoms with Crippen LogP contribution in [0.3, 0.4) is 0 Å². The largest absolute Gasteiger partial charge is 0.490 e. The van der Waals surface area contributed by atoms with Crippen LogP contribution in [0, 0.1) is 0 Å². The van der Waals surface area contributed by atoms with Gasteiger partial charge in [0, 0.05) is 25.2 Å². The zero-order valence-electron chi connectivity index (χ0n) is 13.1. The molecular formula is C17H27N3O. The molecule has 2 rings (SSSR count). The van der Waals surface area contributed by atoms with Gasteiger partial charge in [0.2, 0.25) is 0 Å². The molecule has 4 heteroatoms. The Morgan fingerprint density at radius 3 is 2.57 bits per heavy atom. The number of nitrogens with zero attached hydrogens (tertiary/aromatic N) is 1. The summed E-state index contributed by atoms with van der Waals surface area (Å²) in [5.41, 5.74) is 4.87. The molecule has 1 heterocycles. The summed E-state index contributed by atoms with van der Waals surface area (Å²) < 4.78 is 5.51. The fourth-order valence-corrected chi connectivity index (χ4v) is 2.65. The number of hydrazine groups is 1. The third-order valence-electron chi connectivity index (χ3n) is 4.03. The molecule has 0 spiro atoms. The van der Waals surface area contributed by atoms with Crippen LogP contribution in [-0.2, 0) is 0 Å². The Balaban J connectivity index is 1.82. The minimum atomic E-state index is 0.310. The molecule has 0 bridgehead atoms. The van der Waals surface area contributed by atoms with Gasteiger partial charge in [-0.1, -0.05) is 24.8 Å². The molecule has 116 valence electrons. The molecule has 0 amide bonds. The topological polar surface area (TPSA) is 36.5 Å². The molecule has 4 nitrogen and oxygen atoms in total. The van der Waals surface area contributed by atoms with E-state index in [4.69, 9.17) is 4.74 Å². The molecule has 21 heavy (non-hydrogen) atoms. The lowest BCUT2D eigenvalue weighted by molar-refractivity contribution is 0.118. The summed E-state index contributed by atoms with van der Waals surface area (Å²) in [5, 5.41) is 5.69. The second kappa shape index (κ2) is 8.17. The Labute approximate surface area is 128 Å². The highest BCUT2D eigenvalue weighted by molar-refractivity contribution is 5.29. The Morgan fingerprint density at radius 1 is 1.33 bits per heavy atom. The quantitative estimate of drug-likeness (QED) is 0.756. The van der Waals surface area contributed by atoms with Crippen LogP contribution in [0.1, 0.15) is 31.4 Å². The minimum absolute atomic E-state index is 0.310. The van der Waals surface area contributed by atoms with Crippen LogP contribution in [0.25, 0.3) is 0 Å². The smallest absolute Gasteiger partial charge is 0.119 e. The number of hydrogen-bond acceptors (Lipinski definition) is 4. The zero-order chi connectivity index (χ0) is 15.1. The second-order valence-corrected chi connectivity index (χ2v) is 5.57. The van der Waals surface area contributed by atoms with Crippen molar-refractivity contribution in [3.8, 4) is 5.75 Å². The number of benzene rings is 1. The van der Waals surface area contributed by atoms with E-state index in [0.29, 0.717) is 18.7 Å². The molecule has 1 aliphatic heterocycles. The SMILES string of the molecule is C=CCOc1ccc(C(C)NN2CCC(NC)CC2)cc1. The van der Waals surface area contributed by atoms with Crippen molar-refractivity contribution in [1.29, 1.82) is 0 Å². The van der Waals surface area contributed by atoms with Gasteiger partial charge in [0.1, 0.15) is 12.4 Å². The summed E-state index contributed by atoms with van der Waals surface area (Å²) in [4.78, 5) is 0. The molecule has 0 saturated carbocycles. The first-order chi connectivity index (χ1) is 10.2. The van der Waals surface area contributed by atoms with Crippen LogP contribution in [0.2, 0.25) is 0 Å². The molecule has 1 atom stereocenters. The first-order valence-electron chi connectivity index (χ1n) is 7.75. The van der Waals surface area contributed by atoms with E-state index in [2.05, 4.69) is 41.4 Å². The molecule has 1 aliphatic rings. The maximum absolute atomic E-state index is 5.51. The second-order valence-electron chi connectivity index (χ2n) is 5.57. The molecule has 2 N–H and O–H groups in total. The average molecular weight is 289 g/mol. The Hall–Kier alpha value is -1.36. The van der Waals surface area contributed by atoms with Crippen molar-refractivity contribution < 1.29 is 4.74 Å². The van der Waals surface area contributed by atoms with Crippen molar-refractivity contribution in [3.63, 3.8) is 0 Å². The molecule has 0 aromatic heterocycles. The maximum atomic E-state index is 5.51. The van der Waals surface area contributed by atoms with Gasteiger partial charge in [-0.3, -0.25) is 0 Å². The number of hydrogen-bond donors (Lipinski definition) is 2. The Kier molecular flexibility index (Phi) is 6.23. The van der Waals surface area contributed by atoms with Crippen LogP contribution >= 0.6 is 0 Å². The molecular weight excluding hydrogens is 262 g/mol. The van der Waals surface area contributed by atoms with E-state index in [1.165, 1.54) is 18.4 Å². The summed E-state index contributed by atoms with van der Waals surface area (Å²) >= 11 is 0. The number of rotatable bonds is 7. The lowest BCUT2D eigenvalue weighted by Crippen LogP contribution is -2.48. The normalized spacial score (nSPS) is 18.4. The van der Waals surface area contributed by atoms with Crippen molar-refractivity contribution >= 4 is 0 Å². The Morgan fingerprint density at radius 2 is 2.00 bits per heavy atom. The standard InChI is InChI=1S/C17H27N3O/c1-4-13-21-17-7-5-15(6-8-17)14(2)19-20-11-9-16(18-3)10-12-20/h4-8,14,16,18-19H,1,9-13H2,2-3H3. The van der Waals surface area contributed by atoms with E-state index in [9.17, 15) is 0 Å². The highest BCUT2D eigenvalue weighted by atomic mass is 16.5. The van der Waals surface area contributed by atoms with Gasteiger partial charge in [-0.2, -0.15) is 0 Å². The number of piperidine rings is 1. The molecule has 1 unspecified atom stereocenters. The molecule has 1 aromatic carbocycles. The molecule has 1 saturated heterocycles. The third kappa shape index (κ3) is 4.84. The van der Waals surface area contributed by atoms with E-state index in [1.807, 2.05) is 19.2 Å². The fraction of sp³-hybridized carbons (Fsp3) is 0.529. The van der Waals surface area contributed by atoms with Crippen LogP contribution in [0.5, 0.6) is 5.75 Å². The van der Waals surface area contributed by atoms with Crippen molar-refractivity contribution in [1.82, 2.24) is 15.8 Å². The van der Waals surface area contributed by atoms with Crippen molar-refractivity contribution in [2.45, 2.75) is 31.8 Å². The summed E-state index contributed by atoms with van der Waals surface area (Å²) in [6.07, 6.45) is 4.15. The van der Waals surface area contributed by atoms with Gasteiger partial charge in [0.15, 0.2) is 0 Å². The van der Waals surface area contributed by atoms with Gasteiger partial charge < -0.3 is 10.1 Å². The van der Waals surface area contributed by atoms with Gasteiger partial charge >= 0.3 is 0 Å². The van der Waals surface area contributed by atoms with E-state index < -0.39 is 0 Å². The van der Waals surface area contributed by atoms with Crippen LogP contribution in [0.4, 0.5) is 0 Å². The summed E-state index contributed by atoms with van der Waals surface area (Å²) in [6, 6.07) is 9.26. The predicted molar refractivity (Wildman–Crippen MR) is 87.3 cm³/mol. The molecule has 1 fully saturated rings. The third-order valence-corrected chi connectivity index (χ3v) is 4.03. The maximum Gasteiger partial charge on any atom is 0.119 e. The number of nitrogens with one attached hydrogen (secondary N) is 2. The first kappa shape index (κ1) is 16.0. The van der Waals surface area contributed by atoms with Crippen molar-refractivity contribution in [3.05, 3.63) is 42.5 Å². The average Bonchev–Trinajstić information content (AvgIpc) is 2.54. The van der Waals surface area contributed by atoms with Gasteiger partial charge in [0.05, 0.1) is 0 Å². The summed E-state index contributed by atoms with van der Waals surface area (Å²) in [6.45, 7) is 8.59. The lowest BCUT2D eigenvalue weighted by atomic mass is 10.1. The highest BCUT2D eigenvalue weighted by Crippen LogP contribution is 2.19. The van der Waals surface area contributed by atoms with Gasteiger partial charge in [-0.05, 0) is 44.5 Å².